The Bertz CT molecular complexity index is 399. The van der Waals surface area contributed by atoms with Gasteiger partial charge in [-0.1, -0.05) is 31.5 Å². The molecule has 0 radical (unpaired) electrons. The number of benzene rings is 1. The summed E-state index contributed by atoms with van der Waals surface area (Å²) in [4.78, 5) is 12.2. The van der Waals surface area contributed by atoms with Crippen LogP contribution in [0.5, 0.6) is 0 Å². The molecule has 92 valence electrons. The standard InChI is InChI=1S/C14H18O2S/c1-10(14(15)16)9-11-5-2-3-8-13(11)17-12-6-4-7-12/h2-3,5,8,10,12H,4,6-7,9H2,1H3,(H,15,16). The maximum Gasteiger partial charge on any atom is 0.306 e. The largest absolute Gasteiger partial charge is 0.481 e. The van der Waals surface area contributed by atoms with Gasteiger partial charge in [-0.15, -0.1) is 11.8 Å². The molecular formula is C14H18O2S. The maximum atomic E-state index is 10.9. The Balaban J connectivity index is 2.06. The zero-order valence-corrected chi connectivity index (χ0v) is 10.9. The van der Waals surface area contributed by atoms with Crippen LogP contribution in [0.15, 0.2) is 29.2 Å². The van der Waals surface area contributed by atoms with Gasteiger partial charge in [-0.3, -0.25) is 4.79 Å². The smallest absolute Gasteiger partial charge is 0.306 e. The summed E-state index contributed by atoms with van der Waals surface area (Å²) in [6.07, 6.45) is 4.57. The van der Waals surface area contributed by atoms with E-state index in [0.717, 1.165) is 5.25 Å². The lowest BCUT2D eigenvalue weighted by atomic mass is 10.00. The van der Waals surface area contributed by atoms with E-state index < -0.39 is 5.97 Å². The molecule has 1 aromatic carbocycles. The van der Waals surface area contributed by atoms with Crippen molar-refractivity contribution >= 4 is 17.7 Å². The SMILES string of the molecule is CC(Cc1ccccc1SC1CCC1)C(=O)O. The van der Waals surface area contributed by atoms with E-state index in [2.05, 4.69) is 12.1 Å². The first-order valence-corrected chi connectivity index (χ1v) is 7.02. The molecule has 2 nitrogen and oxygen atoms in total. The van der Waals surface area contributed by atoms with Gasteiger partial charge in [0.15, 0.2) is 0 Å². The van der Waals surface area contributed by atoms with Crippen molar-refractivity contribution in [1.82, 2.24) is 0 Å². The molecule has 1 aromatic rings. The van der Waals surface area contributed by atoms with Crippen LogP contribution in [-0.4, -0.2) is 16.3 Å². The second-order valence-corrected chi connectivity index (χ2v) is 6.06. The highest BCUT2D eigenvalue weighted by Gasteiger charge is 2.20. The Kier molecular flexibility index (Phi) is 4.11. The molecule has 0 aromatic heterocycles. The molecule has 0 heterocycles. The van der Waals surface area contributed by atoms with Gasteiger partial charge in [0.05, 0.1) is 5.92 Å². The highest BCUT2D eigenvalue weighted by Crippen LogP contribution is 2.38. The number of hydrogen-bond donors (Lipinski definition) is 1. The van der Waals surface area contributed by atoms with Gasteiger partial charge in [-0.25, -0.2) is 0 Å². The fourth-order valence-corrected chi connectivity index (χ4v) is 3.26. The first-order chi connectivity index (χ1) is 8.16. The van der Waals surface area contributed by atoms with Crippen molar-refractivity contribution in [2.24, 2.45) is 5.92 Å². The van der Waals surface area contributed by atoms with Gasteiger partial charge in [0.1, 0.15) is 0 Å². The molecule has 1 unspecified atom stereocenters. The molecule has 1 aliphatic carbocycles. The van der Waals surface area contributed by atoms with E-state index in [4.69, 9.17) is 5.11 Å². The first kappa shape index (κ1) is 12.5. The fraction of sp³-hybridized carbons (Fsp3) is 0.500. The molecule has 1 atom stereocenters. The van der Waals surface area contributed by atoms with Crippen LogP contribution < -0.4 is 0 Å². The van der Waals surface area contributed by atoms with Crippen LogP contribution in [0.25, 0.3) is 0 Å². The minimum Gasteiger partial charge on any atom is -0.481 e. The van der Waals surface area contributed by atoms with Crippen molar-refractivity contribution in [2.75, 3.05) is 0 Å². The summed E-state index contributed by atoms with van der Waals surface area (Å²) >= 11 is 1.92. The van der Waals surface area contributed by atoms with E-state index in [9.17, 15) is 4.79 Å². The van der Waals surface area contributed by atoms with Crippen LogP contribution in [0.2, 0.25) is 0 Å². The van der Waals surface area contributed by atoms with E-state index in [1.165, 1.54) is 29.7 Å². The van der Waals surface area contributed by atoms with E-state index in [-0.39, 0.29) is 5.92 Å². The van der Waals surface area contributed by atoms with Crippen LogP contribution >= 0.6 is 11.8 Å². The Morgan fingerprint density at radius 1 is 1.47 bits per heavy atom. The Hall–Kier alpha value is -0.960. The molecule has 3 heteroatoms. The highest BCUT2D eigenvalue weighted by atomic mass is 32.2. The number of hydrogen-bond acceptors (Lipinski definition) is 2. The third kappa shape index (κ3) is 3.25. The molecule has 17 heavy (non-hydrogen) atoms. The topological polar surface area (TPSA) is 37.3 Å². The van der Waals surface area contributed by atoms with Crippen LogP contribution in [0.1, 0.15) is 31.7 Å². The molecule has 0 aliphatic heterocycles. The molecule has 0 saturated heterocycles. The summed E-state index contributed by atoms with van der Waals surface area (Å²) in [7, 11) is 0. The Morgan fingerprint density at radius 3 is 2.76 bits per heavy atom. The van der Waals surface area contributed by atoms with Crippen LogP contribution in [0, 0.1) is 5.92 Å². The summed E-state index contributed by atoms with van der Waals surface area (Å²) in [5.41, 5.74) is 1.18. The van der Waals surface area contributed by atoms with Crippen molar-refractivity contribution in [1.29, 1.82) is 0 Å². The maximum absolute atomic E-state index is 10.9. The summed E-state index contributed by atoms with van der Waals surface area (Å²) < 4.78 is 0. The Morgan fingerprint density at radius 2 is 2.18 bits per heavy atom. The predicted octanol–water partition coefficient (Wildman–Crippen LogP) is 3.59. The average molecular weight is 250 g/mol. The molecule has 2 rings (SSSR count). The zero-order chi connectivity index (χ0) is 12.3. The van der Waals surface area contributed by atoms with E-state index in [0.29, 0.717) is 6.42 Å². The second-order valence-electron chi connectivity index (χ2n) is 4.72. The predicted molar refractivity (Wildman–Crippen MR) is 70.4 cm³/mol. The van der Waals surface area contributed by atoms with Gasteiger partial charge in [0.25, 0.3) is 0 Å². The average Bonchev–Trinajstić information content (AvgIpc) is 2.25. The molecular weight excluding hydrogens is 232 g/mol. The van der Waals surface area contributed by atoms with Crippen LogP contribution in [0.4, 0.5) is 0 Å². The zero-order valence-electron chi connectivity index (χ0n) is 10.1. The van der Waals surface area contributed by atoms with Gasteiger partial charge >= 0.3 is 5.97 Å². The highest BCUT2D eigenvalue weighted by molar-refractivity contribution is 8.00. The number of rotatable bonds is 5. The van der Waals surface area contributed by atoms with Crippen LogP contribution in [0.3, 0.4) is 0 Å². The number of thioether (sulfide) groups is 1. The number of aliphatic carboxylic acids is 1. The lowest BCUT2D eigenvalue weighted by molar-refractivity contribution is -0.141. The second kappa shape index (κ2) is 5.58. The minimum absolute atomic E-state index is 0.307. The molecule has 1 aliphatic rings. The molecule has 1 N–H and O–H groups in total. The molecule has 0 bridgehead atoms. The van der Waals surface area contributed by atoms with Crippen molar-refractivity contribution in [3.63, 3.8) is 0 Å². The van der Waals surface area contributed by atoms with Crippen molar-refractivity contribution in [2.45, 2.75) is 42.8 Å². The van der Waals surface area contributed by atoms with E-state index in [1.54, 1.807) is 6.92 Å². The number of carbonyl (C=O) groups is 1. The van der Waals surface area contributed by atoms with Crippen molar-refractivity contribution in [3.8, 4) is 0 Å². The molecule has 0 amide bonds. The third-order valence-corrected chi connectivity index (χ3v) is 4.72. The van der Waals surface area contributed by atoms with Gasteiger partial charge in [-0.05, 0) is 30.9 Å². The lowest BCUT2D eigenvalue weighted by Gasteiger charge is -2.25. The third-order valence-electron chi connectivity index (χ3n) is 3.27. The van der Waals surface area contributed by atoms with E-state index in [1.807, 2.05) is 23.9 Å². The van der Waals surface area contributed by atoms with Gasteiger partial charge in [0.2, 0.25) is 0 Å². The fourth-order valence-electron chi connectivity index (χ4n) is 1.87. The normalized spacial score (nSPS) is 17.5. The van der Waals surface area contributed by atoms with Crippen molar-refractivity contribution < 1.29 is 9.90 Å². The molecule has 0 spiro atoms. The Labute approximate surface area is 106 Å². The molecule has 1 saturated carbocycles. The van der Waals surface area contributed by atoms with Gasteiger partial charge in [-0.2, -0.15) is 0 Å². The molecule has 1 fully saturated rings. The number of carboxylic acid groups (broad SMARTS) is 1. The van der Waals surface area contributed by atoms with Crippen molar-refractivity contribution in [3.05, 3.63) is 29.8 Å². The summed E-state index contributed by atoms with van der Waals surface area (Å²) in [5, 5.41) is 9.71. The van der Waals surface area contributed by atoms with Crippen LogP contribution in [-0.2, 0) is 11.2 Å². The minimum atomic E-state index is -0.714. The number of carboxylic acids is 1. The lowest BCUT2D eigenvalue weighted by Crippen LogP contribution is -2.15. The van der Waals surface area contributed by atoms with Gasteiger partial charge in [0, 0.05) is 10.1 Å². The van der Waals surface area contributed by atoms with Gasteiger partial charge < -0.3 is 5.11 Å². The summed E-state index contributed by atoms with van der Waals surface area (Å²) in [5.74, 6) is -1.02. The van der Waals surface area contributed by atoms with E-state index >= 15 is 0 Å². The summed E-state index contributed by atoms with van der Waals surface area (Å²) in [6.45, 7) is 1.77. The summed E-state index contributed by atoms with van der Waals surface area (Å²) in [6, 6.07) is 8.21. The first-order valence-electron chi connectivity index (χ1n) is 6.14. The quantitative estimate of drug-likeness (QED) is 0.867. The monoisotopic (exact) mass is 250 g/mol.